The minimum absolute atomic E-state index is 0.130. The number of rotatable bonds is 7. The second-order valence-corrected chi connectivity index (χ2v) is 7.79. The third kappa shape index (κ3) is 6.76. The number of carbonyl (C=O) groups excluding carboxylic acids is 1. The number of carbonyl (C=O) groups is 2. The van der Waals surface area contributed by atoms with Crippen LogP contribution >= 0.6 is 11.3 Å². The summed E-state index contributed by atoms with van der Waals surface area (Å²) >= 11 is 1.61. The molecule has 0 fully saturated rings. The maximum atomic E-state index is 11.8. The molecule has 0 aliphatic carbocycles. The molecule has 2 rings (SSSR count). The standard InChI is InChI=1S/C19H23NO5S/c1-19(2,3)25-18(23)20-16(17(21)22)11-13-6-4-7-14(10-13)24-12-15-8-5-9-26-15/h4-10,16H,11-12H2,1-3H3,(H,20,23)(H,21,22). The molecular weight excluding hydrogens is 354 g/mol. The normalized spacial score (nSPS) is 12.3. The van der Waals surface area contributed by atoms with Gasteiger partial charge in [0, 0.05) is 11.3 Å². The molecule has 0 spiro atoms. The zero-order valence-corrected chi connectivity index (χ0v) is 15.8. The van der Waals surface area contributed by atoms with Crippen LogP contribution in [0.15, 0.2) is 41.8 Å². The van der Waals surface area contributed by atoms with Gasteiger partial charge in [0.25, 0.3) is 0 Å². The number of thiophene rings is 1. The molecular formula is C19H23NO5S. The lowest BCUT2D eigenvalue weighted by molar-refractivity contribution is -0.139. The molecule has 2 N–H and O–H groups in total. The Hall–Kier alpha value is -2.54. The van der Waals surface area contributed by atoms with E-state index in [-0.39, 0.29) is 6.42 Å². The van der Waals surface area contributed by atoms with Crippen molar-refractivity contribution < 1.29 is 24.2 Å². The Bertz CT molecular complexity index is 737. The lowest BCUT2D eigenvalue weighted by atomic mass is 10.1. The first-order valence-electron chi connectivity index (χ1n) is 8.19. The molecule has 7 heteroatoms. The third-order valence-electron chi connectivity index (χ3n) is 3.29. The number of alkyl carbamates (subject to hydrolysis) is 1. The molecule has 1 amide bonds. The molecule has 0 radical (unpaired) electrons. The van der Waals surface area contributed by atoms with Crippen molar-refractivity contribution in [2.45, 2.75) is 45.4 Å². The molecule has 0 saturated heterocycles. The van der Waals surface area contributed by atoms with Crippen LogP contribution in [0.5, 0.6) is 5.75 Å². The highest BCUT2D eigenvalue weighted by Crippen LogP contribution is 2.18. The predicted octanol–water partition coefficient (Wildman–Crippen LogP) is 3.85. The van der Waals surface area contributed by atoms with Crippen molar-refractivity contribution in [2.24, 2.45) is 0 Å². The number of carboxylic acids is 1. The van der Waals surface area contributed by atoms with Crippen LogP contribution in [-0.4, -0.2) is 28.8 Å². The Kier molecular flexibility index (Phi) is 6.63. The first-order valence-corrected chi connectivity index (χ1v) is 9.07. The van der Waals surface area contributed by atoms with E-state index in [4.69, 9.17) is 9.47 Å². The number of ether oxygens (including phenoxy) is 2. The van der Waals surface area contributed by atoms with E-state index in [0.29, 0.717) is 12.4 Å². The van der Waals surface area contributed by atoms with E-state index in [2.05, 4.69) is 5.32 Å². The first kappa shape index (κ1) is 19.8. The molecule has 0 aliphatic heterocycles. The van der Waals surface area contributed by atoms with Crippen molar-refractivity contribution in [3.05, 3.63) is 52.2 Å². The van der Waals surface area contributed by atoms with Crippen LogP contribution in [0.25, 0.3) is 0 Å². The van der Waals surface area contributed by atoms with E-state index in [9.17, 15) is 14.7 Å². The van der Waals surface area contributed by atoms with Gasteiger partial charge in [-0.1, -0.05) is 18.2 Å². The summed E-state index contributed by atoms with van der Waals surface area (Å²) in [5.41, 5.74) is 0.0556. The molecule has 1 heterocycles. The van der Waals surface area contributed by atoms with Crippen LogP contribution in [-0.2, 0) is 22.6 Å². The van der Waals surface area contributed by atoms with Crippen LogP contribution < -0.4 is 10.1 Å². The lowest BCUT2D eigenvalue weighted by Crippen LogP contribution is -2.44. The number of nitrogens with one attached hydrogen (secondary N) is 1. The quantitative estimate of drug-likeness (QED) is 0.766. The van der Waals surface area contributed by atoms with Gasteiger partial charge in [-0.05, 0) is 49.9 Å². The fourth-order valence-corrected chi connectivity index (χ4v) is 2.81. The smallest absolute Gasteiger partial charge is 0.408 e. The second kappa shape index (κ2) is 8.71. The summed E-state index contributed by atoms with van der Waals surface area (Å²) in [4.78, 5) is 24.4. The van der Waals surface area contributed by atoms with E-state index in [1.165, 1.54) is 0 Å². The van der Waals surface area contributed by atoms with Gasteiger partial charge in [0.05, 0.1) is 0 Å². The van der Waals surface area contributed by atoms with Crippen molar-refractivity contribution in [1.29, 1.82) is 0 Å². The lowest BCUT2D eigenvalue weighted by Gasteiger charge is -2.22. The molecule has 0 saturated carbocycles. The topological polar surface area (TPSA) is 84.9 Å². The molecule has 140 valence electrons. The van der Waals surface area contributed by atoms with E-state index in [1.54, 1.807) is 50.3 Å². The Morgan fingerprint density at radius 3 is 2.62 bits per heavy atom. The maximum Gasteiger partial charge on any atom is 0.408 e. The molecule has 0 aliphatic rings. The van der Waals surface area contributed by atoms with Crippen molar-refractivity contribution in [1.82, 2.24) is 5.32 Å². The van der Waals surface area contributed by atoms with Gasteiger partial charge in [-0.15, -0.1) is 11.3 Å². The van der Waals surface area contributed by atoms with Gasteiger partial charge in [0.15, 0.2) is 0 Å². The summed E-state index contributed by atoms with van der Waals surface area (Å²) in [6, 6.07) is 10.0. The molecule has 1 aromatic heterocycles. The highest BCUT2D eigenvalue weighted by molar-refractivity contribution is 7.09. The van der Waals surface area contributed by atoms with Crippen LogP contribution in [0, 0.1) is 0 Å². The average Bonchev–Trinajstić information content (AvgIpc) is 3.04. The van der Waals surface area contributed by atoms with Crippen molar-refractivity contribution in [2.75, 3.05) is 0 Å². The third-order valence-corrected chi connectivity index (χ3v) is 4.14. The highest BCUT2D eigenvalue weighted by atomic mass is 32.1. The number of carboxylic acid groups (broad SMARTS) is 1. The van der Waals surface area contributed by atoms with Gasteiger partial charge in [-0.3, -0.25) is 0 Å². The Balaban J connectivity index is 1.98. The average molecular weight is 377 g/mol. The van der Waals surface area contributed by atoms with Crippen LogP contribution in [0.1, 0.15) is 31.2 Å². The fourth-order valence-electron chi connectivity index (χ4n) is 2.20. The summed E-state index contributed by atoms with van der Waals surface area (Å²) < 4.78 is 10.9. The molecule has 6 nitrogen and oxygen atoms in total. The number of aliphatic carboxylic acids is 1. The molecule has 1 atom stereocenters. The van der Waals surface area contributed by atoms with Crippen molar-refractivity contribution in [3.8, 4) is 5.75 Å². The maximum absolute atomic E-state index is 11.8. The molecule has 26 heavy (non-hydrogen) atoms. The van der Waals surface area contributed by atoms with E-state index in [0.717, 1.165) is 10.4 Å². The Morgan fingerprint density at radius 2 is 2.00 bits per heavy atom. The van der Waals surface area contributed by atoms with Crippen molar-refractivity contribution >= 4 is 23.4 Å². The van der Waals surface area contributed by atoms with E-state index >= 15 is 0 Å². The fraction of sp³-hybridized carbons (Fsp3) is 0.368. The number of benzene rings is 1. The Labute approximate surface area is 156 Å². The summed E-state index contributed by atoms with van der Waals surface area (Å²) in [5.74, 6) is -0.474. The van der Waals surface area contributed by atoms with Crippen LogP contribution in [0.4, 0.5) is 4.79 Å². The molecule has 0 bridgehead atoms. The number of hydrogen-bond acceptors (Lipinski definition) is 5. The zero-order valence-electron chi connectivity index (χ0n) is 15.0. The van der Waals surface area contributed by atoms with Gasteiger partial charge < -0.3 is 19.9 Å². The minimum Gasteiger partial charge on any atom is -0.488 e. The van der Waals surface area contributed by atoms with Gasteiger partial charge in [0.1, 0.15) is 24.0 Å². The molecule has 1 unspecified atom stereocenters. The van der Waals surface area contributed by atoms with Crippen molar-refractivity contribution in [3.63, 3.8) is 0 Å². The largest absolute Gasteiger partial charge is 0.488 e. The summed E-state index contributed by atoms with van der Waals surface area (Å²) in [7, 11) is 0. The summed E-state index contributed by atoms with van der Waals surface area (Å²) in [5, 5.41) is 13.8. The van der Waals surface area contributed by atoms with E-state index < -0.39 is 23.7 Å². The number of hydrogen-bond donors (Lipinski definition) is 2. The molecule has 1 aromatic carbocycles. The van der Waals surface area contributed by atoms with Crippen LogP contribution in [0.2, 0.25) is 0 Å². The monoisotopic (exact) mass is 377 g/mol. The van der Waals surface area contributed by atoms with Gasteiger partial charge >= 0.3 is 12.1 Å². The first-order chi connectivity index (χ1) is 12.2. The SMILES string of the molecule is CC(C)(C)OC(=O)NC(Cc1cccc(OCc2cccs2)c1)C(=O)O. The minimum atomic E-state index is -1.12. The van der Waals surface area contributed by atoms with Gasteiger partial charge in [-0.2, -0.15) is 0 Å². The molecule has 2 aromatic rings. The summed E-state index contributed by atoms with van der Waals surface area (Å²) in [6.07, 6.45) is -0.625. The summed E-state index contributed by atoms with van der Waals surface area (Å²) in [6.45, 7) is 5.61. The van der Waals surface area contributed by atoms with E-state index in [1.807, 2.05) is 23.6 Å². The zero-order chi connectivity index (χ0) is 19.2. The van der Waals surface area contributed by atoms with Gasteiger partial charge in [0.2, 0.25) is 0 Å². The van der Waals surface area contributed by atoms with Crippen LogP contribution in [0.3, 0.4) is 0 Å². The predicted molar refractivity (Wildman–Crippen MR) is 99.6 cm³/mol. The Morgan fingerprint density at radius 1 is 1.23 bits per heavy atom. The number of amides is 1. The van der Waals surface area contributed by atoms with Gasteiger partial charge in [-0.25, -0.2) is 9.59 Å². The second-order valence-electron chi connectivity index (χ2n) is 6.76. The highest BCUT2D eigenvalue weighted by Gasteiger charge is 2.24.